The first kappa shape index (κ1) is 28.6. The van der Waals surface area contributed by atoms with E-state index in [1.807, 2.05) is 12.1 Å². The summed E-state index contributed by atoms with van der Waals surface area (Å²) in [6.45, 7) is 1.11. The molecule has 1 aromatic heterocycles. The molecule has 6 rings (SSSR count). The molecular formula is C32H36N4O4S2. The van der Waals surface area contributed by atoms with Crippen LogP contribution in [0.2, 0.25) is 0 Å². The Balaban J connectivity index is 1.33. The molecule has 1 aliphatic heterocycles. The molecule has 2 heterocycles. The normalized spacial score (nSPS) is 19.2. The summed E-state index contributed by atoms with van der Waals surface area (Å²) in [6.07, 6.45) is 7.92. The van der Waals surface area contributed by atoms with Gasteiger partial charge < -0.3 is 9.47 Å². The molecule has 0 amide bonds. The van der Waals surface area contributed by atoms with Gasteiger partial charge in [0.05, 0.1) is 25.7 Å². The Morgan fingerprint density at radius 2 is 1.79 bits per heavy atom. The first-order chi connectivity index (χ1) is 20.5. The zero-order chi connectivity index (χ0) is 29.1. The number of methoxy groups -OCH3 is 2. The van der Waals surface area contributed by atoms with E-state index in [-0.39, 0.29) is 17.5 Å². The van der Waals surface area contributed by atoms with Crippen molar-refractivity contribution in [1.82, 2.24) is 14.3 Å². The number of benzene rings is 3. The molecular weight excluding hydrogens is 569 g/mol. The lowest BCUT2D eigenvalue weighted by molar-refractivity contribution is 0.0835. The lowest BCUT2D eigenvalue weighted by atomic mass is 9.83. The van der Waals surface area contributed by atoms with Crippen molar-refractivity contribution in [1.29, 1.82) is 0 Å². The zero-order valence-corrected chi connectivity index (χ0v) is 25.6. The third-order valence-electron chi connectivity index (χ3n) is 8.49. The van der Waals surface area contributed by atoms with Crippen LogP contribution in [0.5, 0.6) is 11.5 Å². The van der Waals surface area contributed by atoms with Crippen LogP contribution in [0.25, 0.3) is 0 Å². The molecule has 8 nitrogen and oxygen atoms in total. The van der Waals surface area contributed by atoms with Crippen molar-refractivity contribution in [3.63, 3.8) is 0 Å². The van der Waals surface area contributed by atoms with E-state index in [2.05, 4.69) is 50.7 Å². The summed E-state index contributed by atoms with van der Waals surface area (Å²) >= 11 is 1.05. The molecule has 0 spiro atoms. The minimum atomic E-state index is -3.95. The number of fused-ring (bicyclic) bond motifs is 1. The Morgan fingerprint density at radius 1 is 0.952 bits per heavy atom. The van der Waals surface area contributed by atoms with Gasteiger partial charge in [-0.1, -0.05) is 42.8 Å². The fraction of sp³-hybridized carbons (Fsp3) is 0.375. The smallest absolute Gasteiger partial charge is 0.266 e. The number of ether oxygens (including phenoxy) is 2. The van der Waals surface area contributed by atoms with E-state index >= 15 is 0 Å². The van der Waals surface area contributed by atoms with Crippen LogP contribution in [-0.4, -0.2) is 43.4 Å². The number of rotatable bonds is 9. The van der Waals surface area contributed by atoms with Gasteiger partial charge in [-0.15, -0.1) is 0 Å². The maximum absolute atomic E-state index is 14.3. The standard InChI is InChI=1S/C32H36N4O4S2/c1-39-26-15-14-25(31(20-26)40-2)21-36(32-33-22-34-41-32)42(37,38)27-16-17-28-24(19-27)11-8-13-30(28)35-18-7-6-12-29(35)23-9-4-3-5-10-23/h3-5,9-10,14-17,19-20,22,29-30H,6-8,11-13,18,21H2,1-2H3/t29-,30+/m1/s1. The van der Waals surface area contributed by atoms with Crippen LogP contribution in [0.1, 0.15) is 66.4 Å². The highest BCUT2D eigenvalue weighted by molar-refractivity contribution is 7.93. The van der Waals surface area contributed by atoms with Crippen LogP contribution in [0.3, 0.4) is 0 Å². The molecule has 1 aliphatic carbocycles. The van der Waals surface area contributed by atoms with Crippen molar-refractivity contribution in [3.05, 3.63) is 95.3 Å². The first-order valence-corrected chi connectivity index (χ1v) is 16.6. The van der Waals surface area contributed by atoms with Gasteiger partial charge in [-0.05, 0) is 79.6 Å². The van der Waals surface area contributed by atoms with Gasteiger partial charge in [0.15, 0.2) is 0 Å². The second-order valence-corrected chi connectivity index (χ2v) is 13.5. The number of piperidine rings is 1. The van der Waals surface area contributed by atoms with E-state index in [1.165, 1.54) is 34.6 Å². The number of aromatic nitrogens is 2. The number of aryl methyl sites for hydroxylation is 1. The number of likely N-dealkylation sites (tertiary alicyclic amines) is 1. The average molecular weight is 605 g/mol. The number of sulfonamides is 1. The lowest BCUT2D eigenvalue weighted by Crippen LogP contribution is -2.38. The fourth-order valence-electron chi connectivity index (χ4n) is 6.43. The van der Waals surface area contributed by atoms with E-state index in [4.69, 9.17) is 9.47 Å². The van der Waals surface area contributed by atoms with E-state index in [0.717, 1.165) is 49.3 Å². The van der Waals surface area contributed by atoms with Crippen molar-refractivity contribution in [2.24, 2.45) is 0 Å². The summed E-state index contributed by atoms with van der Waals surface area (Å²) in [6, 6.07) is 22.5. The summed E-state index contributed by atoms with van der Waals surface area (Å²) in [5, 5.41) is 0.308. The van der Waals surface area contributed by atoms with Gasteiger partial charge in [0.2, 0.25) is 5.13 Å². The SMILES string of the molecule is COc1ccc(CN(c2ncns2)S(=O)(=O)c2ccc3c(c2)CCC[C@@H]3N2CCCC[C@@H]2c2ccccc2)c(OC)c1. The van der Waals surface area contributed by atoms with Crippen LogP contribution in [0.4, 0.5) is 5.13 Å². The van der Waals surface area contributed by atoms with Crippen LogP contribution in [-0.2, 0) is 23.0 Å². The fourth-order valence-corrected chi connectivity index (χ4v) is 8.61. The molecule has 2 atom stereocenters. The predicted molar refractivity (Wildman–Crippen MR) is 165 cm³/mol. The summed E-state index contributed by atoms with van der Waals surface area (Å²) < 4.78 is 44.8. The van der Waals surface area contributed by atoms with E-state index < -0.39 is 10.0 Å². The molecule has 220 valence electrons. The molecule has 0 radical (unpaired) electrons. The highest BCUT2D eigenvalue weighted by Gasteiger charge is 2.35. The van der Waals surface area contributed by atoms with E-state index in [0.29, 0.717) is 28.2 Å². The average Bonchev–Trinajstić information content (AvgIpc) is 3.58. The summed E-state index contributed by atoms with van der Waals surface area (Å²) in [7, 11) is -0.806. The van der Waals surface area contributed by atoms with Gasteiger partial charge in [0.25, 0.3) is 10.0 Å². The van der Waals surface area contributed by atoms with E-state index in [1.54, 1.807) is 32.4 Å². The number of hydrogen-bond acceptors (Lipinski definition) is 8. The van der Waals surface area contributed by atoms with Crippen molar-refractivity contribution in [2.45, 2.75) is 62.0 Å². The number of anilines is 1. The third kappa shape index (κ3) is 5.63. The maximum atomic E-state index is 14.3. The monoisotopic (exact) mass is 604 g/mol. The largest absolute Gasteiger partial charge is 0.497 e. The predicted octanol–water partition coefficient (Wildman–Crippen LogP) is 6.56. The Hall–Kier alpha value is -3.47. The molecule has 2 aliphatic rings. The second kappa shape index (κ2) is 12.4. The topological polar surface area (TPSA) is 84.9 Å². The van der Waals surface area contributed by atoms with Gasteiger partial charge in [-0.2, -0.15) is 4.37 Å². The molecule has 42 heavy (non-hydrogen) atoms. The molecule has 0 saturated carbocycles. The van der Waals surface area contributed by atoms with E-state index in [9.17, 15) is 8.42 Å². The molecule has 10 heteroatoms. The van der Waals surface area contributed by atoms with Crippen molar-refractivity contribution >= 4 is 26.7 Å². The number of hydrogen-bond donors (Lipinski definition) is 0. The first-order valence-electron chi connectivity index (χ1n) is 14.4. The highest BCUT2D eigenvalue weighted by Crippen LogP contribution is 2.43. The zero-order valence-electron chi connectivity index (χ0n) is 24.0. The molecule has 0 bridgehead atoms. The molecule has 0 N–H and O–H groups in total. The lowest BCUT2D eigenvalue weighted by Gasteiger charge is -2.44. The van der Waals surface area contributed by atoms with Crippen LogP contribution < -0.4 is 13.8 Å². The van der Waals surface area contributed by atoms with Gasteiger partial charge in [-0.25, -0.2) is 17.7 Å². The van der Waals surface area contributed by atoms with Crippen LogP contribution in [0, 0.1) is 0 Å². The second-order valence-electron chi connectivity index (χ2n) is 10.8. The van der Waals surface area contributed by atoms with Crippen molar-refractivity contribution in [2.75, 3.05) is 25.1 Å². The molecule has 3 aromatic carbocycles. The maximum Gasteiger partial charge on any atom is 0.266 e. The van der Waals surface area contributed by atoms with Gasteiger partial charge in [-0.3, -0.25) is 4.90 Å². The van der Waals surface area contributed by atoms with Crippen LogP contribution >= 0.6 is 11.5 Å². The highest BCUT2D eigenvalue weighted by atomic mass is 32.2. The molecule has 1 saturated heterocycles. The third-order valence-corrected chi connectivity index (χ3v) is 11.0. The Labute approximate surface area is 252 Å². The Morgan fingerprint density at radius 3 is 2.55 bits per heavy atom. The van der Waals surface area contributed by atoms with Gasteiger partial charge in [0.1, 0.15) is 17.8 Å². The molecule has 0 unspecified atom stereocenters. The quantitative estimate of drug-likeness (QED) is 0.214. The summed E-state index contributed by atoms with van der Waals surface area (Å²) in [5.41, 5.74) is 4.43. The number of nitrogens with zero attached hydrogens (tertiary/aromatic N) is 4. The minimum absolute atomic E-state index is 0.0525. The minimum Gasteiger partial charge on any atom is -0.497 e. The molecule has 4 aromatic rings. The van der Waals surface area contributed by atoms with Crippen molar-refractivity contribution < 1.29 is 17.9 Å². The van der Waals surface area contributed by atoms with Crippen LogP contribution in [0.15, 0.2) is 78.0 Å². The Kier molecular flexibility index (Phi) is 8.46. The molecule has 1 fully saturated rings. The van der Waals surface area contributed by atoms with Crippen molar-refractivity contribution in [3.8, 4) is 11.5 Å². The summed E-state index contributed by atoms with van der Waals surface area (Å²) in [4.78, 5) is 7.20. The van der Waals surface area contributed by atoms with Gasteiger partial charge >= 0.3 is 0 Å². The van der Waals surface area contributed by atoms with Gasteiger partial charge in [0, 0.05) is 35.2 Å². The summed E-state index contributed by atoms with van der Waals surface area (Å²) in [5.74, 6) is 1.18. The Bertz CT molecular complexity index is 1610.